The Morgan fingerprint density at radius 3 is 1.27 bits per heavy atom. The number of hydrogen-bond acceptors (Lipinski definition) is 6. The topological polar surface area (TPSA) is 89.0 Å². The summed E-state index contributed by atoms with van der Waals surface area (Å²) in [5.74, 6) is 2.92. The van der Waals surface area contributed by atoms with Crippen LogP contribution in [-0.2, 0) is 47.2 Å². The van der Waals surface area contributed by atoms with Gasteiger partial charge in [-0.25, -0.2) is 0 Å². The average Bonchev–Trinajstić information content (AvgIpc) is 2.82. The molecule has 0 heterocycles. The van der Waals surface area contributed by atoms with Gasteiger partial charge in [0.25, 0.3) is 0 Å². The van der Waals surface area contributed by atoms with Crippen molar-refractivity contribution in [3.63, 3.8) is 0 Å². The Balaban J connectivity index is 0. The van der Waals surface area contributed by atoms with Gasteiger partial charge in [0, 0.05) is 0 Å². The van der Waals surface area contributed by atoms with Gasteiger partial charge < -0.3 is 30.4 Å². The second kappa shape index (κ2) is 22.1. The Morgan fingerprint density at radius 2 is 1.03 bits per heavy atom. The number of ether oxygens (including phenoxy) is 4. The molecule has 0 aromatic heterocycles. The fourth-order valence-corrected chi connectivity index (χ4v) is 2.44. The third-order valence-electron chi connectivity index (χ3n) is 3.62. The van der Waals surface area contributed by atoms with E-state index in [9.17, 15) is 0 Å². The van der Waals surface area contributed by atoms with Gasteiger partial charge in [0.1, 0.15) is 0 Å². The molecule has 0 fully saturated rings. The monoisotopic (exact) mass is 730 g/mol. The minimum absolute atomic E-state index is 0.583. The van der Waals surface area contributed by atoms with Crippen LogP contribution in [0.3, 0.4) is 0 Å². The summed E-state index contributed by atoms with van der Waals surface area (Å²) in [6, 6.07) is 13.4. The molecule has 0 saturated carbocycles. The van der Waals surface area contributed by atoms with Gasteiger partial charge in [-0.15, -0.1) is 23.3 Å². The standard InChI is InChI=1S/2C10H14NO2.2BrH.2Pd/c2*1-12-9-5-3-4-8(6-7-11)10(9)13-2;;;;/h2*3,5H,6-7,11H2,1-2H3;2*1H;;/q2*-1;;;2*+2/p-2. The number of halogens is 2. The SMILES string of the molecule is COc1cc[c-]c(CCN)c1OC.COc1cc[c-]c(CCN)c1OC.[Br][Pd+].[Br][Pd+]. The summed E-state index contributed by atoms with van der Waals surface area (Å²) in [6.45, 7) is 1.17. The van der Waals surface area contributed by atoms with Crippen molar-refractivity contribution in [2.24, 2.45) is 11.5 Å². The van der Waals surface area contributed by atoms with E-state index in [4.69, 9.17) is 30.4 Å². The van der Waals surface area contributed by atoms with Crippen LogP contribution in [0.2, 0.25) is 0 Å². The van der Waals surface area contributed by atoms with Gasteiger partial charge >= 0.3 is 61.2 Å². The van der Waals surface area contributed by atoms with Crippen molar-refractivity contribution in [3.8, 4) is 23.0 Å². The Morgan fingerprint density at radius 1 is 0.700 bits per heavy atom. The molecule has 0 spiro atoms. The molecule has 0 aliphatic heterocycles. The van der Waals surface area contributed by atoms with Crippen LogP contribution in [-0.4, -0.2) is 41.5 Å². The van der Waals surface area contributed by atoms with E-state index in [1.165, 1.54) is 0 Å². The van der Waals surface area contributed by atoms with Crippen LogP contribution in [0, 0.1) is 12.1 Å². The van der Waals surface area contributed by atoms with E-state index in [1.807, 2.05) is 24.3 Å². The van der Waals surface area contributed by atoms with Crippen LogP contribution < -0.4 is 30.4 Å². The summed E-state index contributed by atoms with van der Waals surface area (Å²) in [4.78, 5) is 0. The second-order valence-electron chi connectivity index (χ2n) is 5.19. The molecule has 10 heteroatoms. The Kier molecular flexibility index (Phi) is 23.5. The van der Waals surface area contributed by atoms with Crippen LogP contribution >= 0.6 is 26.9 Å². The first kappa shape index (κ1) is 32.0. The Bertz CT molecular complexity index is 626. The number of methoxy groups -OCH3 is 4. The van der Waals surface area contributed by atoms with E-state index < -0.39 is 0 Å². The fraction of sp³-hybridized carbons (Fsp3) is 0.400. The third-order valence-corrected chi connectivity index (χ3v) is 3.62. The minimum atomic E-state index is 0.583. The van der Waals surface area contributed by atoms with Gasteiger partial charge in [0.15, 0.2) is 0 Å². The molecular weight excluding hydrogens is 705 g/mol. The molecule has 2 rings (SSSR count). The molecule has 0 atom stereocenters. The van der Waals surface area contributed by atoms with Crippen LogP contribution in [0.5, 0.6) is 23.0 Å². The quantitative estimate of drug-likeness (QED) is 0.318. The van der Waals surface area contributed by atoms with Crippen molar-refractivity contribution in [1.29, 1.82) is 0 Å². The van der Waals surface area contributed by atoms with Crippen molar-refractivity contribution in [2.45, 2.75) is 12.8 Å². The van der Waals surface area contributed by atoms with Gasteiger partial charge in [-0.1, -0.05) is 0 Å². The van der Waals surface area contributed by atoms with Crippen LogP contribution in [0.25, 0.3) is 0 Å². The zero-order chi connectivity index (χ0) is 23.4. The van der Waals surface area contributed by atoms with Gasteiger partial charge in [0.2, 0.25) is 0 Å². The van der Waals surface area contributed by atoms with Crippen molar-refractivity contribution < 1.29 is 53.3 Å². The van der Waals surface area contributed by atoms with Gasteiger partial charge in [0.05, 0.1) is 51.4 Å². The first-order chi connectivity index (χ1) is 14.7. The first-order valence-corrected chi connectivity index (χ1v) is 15.6. The zero-order valence-electron chi connectivity index (χ0n) is 17.3. The number of rotatable bonds is 8. The molecule has 30 heavy (non-hydrogen) atoms. The molecule has 0 aliphatic rings. The summed E-state index contributed by atoms with van der Waals surface area (Å²) >= 11 is 10.7. The molecule has 0 amide bonds. The van der Waals surface area contributed by atoms with E-state index in [0.29, 0.717) is 13.1 Å². The summed E-state index contributed by atoms with van der Waals surface area (Å²) in [5, 5.41) is 0. The number of hydrogen-bond donors (Lipinski definition) is 2. The van der Waals surface area contributed by atoms with E-state index in [0.717, 1.165) is 47.0 Å². The summed E-state index contributed by atoms with van der Waals surface area (Å²) in [5.41, 5.74) is 12.8. The third kappa shape index (κ3) is 11.5. The van der Waals surface area contributed by atoms with Crippen LogP contribution in [0.15, 0.2) is 24.3 Å². The van der Waals surface area contributed by atoms with Crippen molar-refractivity contribution in [1.82, 2.24) is 0 Å². The van der Waals surface area contributed by atoms with E-state index in [-0.39, 0.29) is 0 Å². The maximum absolute atomic E-state index is 5.46. The predicted molar refractivity (Wildman–Crippen MR) is 120 cm³/mol. The summed E-state index contributed by atoms with van der Waals surface area (Å²) in [6.07, 6.45) is 1.50. The Labute approximate surface area is 215 Å². The molecule has 176 valence electrons. The molecule has 6 nitrogen and oxygen atoms in total. The van der Waals surface area contributed by atoms with Crippen LogP contribution in [0.4, 0.5) is 0 Å². The molecule has 0 aliphatic carbocycles. The Hall–Kier alpha value is -0.155. The number of nitrogens with two attached hydrogens (primary N) is 2. The molecule has 2 aromatic rings. The van der Waals surface area contributed by atoms with Crippen molar-refractivity contribution in [3.05, 3.63) is 47.5 Å². The van der Waals surface area contributed by atoms with E-state index in [1.54, 1.807) is 28.4 Å². The molecule has 0 bridgehead atoms. The van der Waals surface area contributed by atoms with Crippen LogP contribution in [0.1, 0.15) is 11.1 Å². The zero-order valence-corrected chi connectivity index (χ0v) is 23.6. The maximum atomic E-state index is 5.46. The molecular formula is C20H28Br2N2O4Pd2. The molecule has 4 N–H and O–H groups in total. The predicted octanol–water partition coefficient (Wildman–Crippen LogP) is 3.70. The van der Waals surface area contributed by atoms with Crippen molar-refractivity contribution >= 4 is 26.9 Å². The van der Waals surface area contributed by atoms with Gasteiger partial charge in [-0.05, 0) is 25.9 Å². The molecule has 0 radical (unpaired) electrons. The summed E-state index contributed by atoms with van der Waals surface area (Å²) in [7, 11) is 6.46. The molecule has 0 saturated heterocycles. The first-order valence-electron chi connectivity index (χ1n) is 8.53. The van der Waals surface area contributed by atoms with E-state index in [2.05, 4.69) is 73.4 Å². The fourth-order valence-electron chi connectivity index (χ4n) is 2.44. The van der Waals surface area contributed by atoms with E-state index >= 15 is 0 Å². The van der Waals surface area contributed by atoms with Gasteiger partial charge in [-0.2, -0.15) is 24.3 Å². The van der Waals surface area contributed by atoms with Gasteiger partial charge in [-0.3, -0.25) is 0 Å². The molecule has 2 aromatic carbocycles. The van der Waals surface area contributed by atoms with Crippen molar-refractivity contribution in [2.75, 3.05) is 41.5 Å². The number of benzene rings is 2. The average molecular weight is 733 g/mol. The normalized spacial score (nSPS) is 8.93. The second-order valence-corrected chi connectivity index (χ2v) is 5.19. The molecule has 0 unspecified atom stereocenters. The summed E-state index contributed by atoms with van der Waals surface area (Å²) < 4.78 is 20.7.